The zero-order chi connectivity index (χ0) is 12.0. The van der Waals surface area contributed by atoms with Crippen molar-refractivity contribution in [1.82, 2.24) is 4.98 Å². The number of anilines is 1. The van der Waals surface area contributed by atoms with Crippen molar-refractivity contribution in [2.24, 2.45) is 0 Å². The third kappa shape index (κ3) is 3.20. The molecule has 0 aliphatic heterocycles. The van der Waals surface area contributed by atoms with Crippen molar-refractivity contribution in [3.63, 3.8) is 0 Å². The number of aromatic carboxylic acids is 1. The van der Waals surface area contributed by atoms with Crippen LogP contribution in [0.4, 0.5) is 5.69 Å². The normalized spacial score (nSPS) is 12.1. The molecule has 1 heterocycles. The second kappa shape index (κ2) is 6.07. The maximum absolute atomic E-state index is 10.9. The van der Waals surface area contributed by atoms with E-state index in [1.54, 1.807) is 12.3 Å². The van der Waals surface area contributed by atoms with E-state index in [-0.39, 0.29) is 18.2 Å². The minimum Gasteiger partial charge on any atom is -0.478 e. The average molecular weight is 224 g/mol. The number of carboxylic acid groups (broad SMARTS) is 1. The van der Waals surface area contributed by atoms with Crippen LogP contribution in [-0.2, 0) is 0 Å². The van der Waals surface area contributed by atoms with E-state index in [0.29, 0.717) is 12.1 Å². The SMILES string of the molecule is CCC(CCO)Nc1ccncc1C(=O)O. The maximum atomic E-state index is 10.9. The van der Waals surface area contributed by atoms with E-state index in [1.807, 2.05) is 6.92 Å². The Morgan fingerprint density at radius 3 is 2.94 bits per heavy atom. The molecule has 5 nitrogen and oxygen atoms in total. The Balaban J connectivity index is 2.82. The molecule has 1 aromatic rings. The fourth-order valence-corrected chi connectivity index (χ4v) is 1.44. The summed E-state index contributed by atoms with van der Waals surface area (Å²) in [5.41, 5.74) is 0.696. The van der Waals surface area contributed by atoms with Gasteiger partial charge >= 0.3 is 5.97 Å². The average Bonchev–Trinajstić information content (AvgIpc) is 2.29. The number of aromatic nitrogens is 1. The Kier molecular flexibility index (Phi) is 4.72. The van der Waals surface area contributed by atoms with Gasteiger partial charge in [-0.05, 0) is 18.9 Å². The Hall–Kier alpha value is -1.62. The summed E-state index contributed by atoms with van der Waals surface area (Å²) in [7, 11) is 0. The molecule has 3 N–H and O–H groups in total. The fraction of sp³-hybridized carbons (Fsp3) is 0.455. The van der Waals surface area contributed by atoms with Gasteiger partial charge in [0.2, 0.25) is 0 Å². The number of carboxylic acids is 1. The molecule has 0 spiro atoms. The summed E-state index contributed by atoms with van der Waals surface area (Å²) in [6, 6.07) is 1.70. The fourth-order valence-electron chi connectivity index (χ4n) is 1.44. The number of hydrogen-bond acceptors (Lipinski definition) is 4. The maximum Gasteiger partial charge on any atom is 0.339 e. The minimum atomic E-state index is -1.01. The molecule has 1 unspecified atom stereocenters. The number of aliphatic hydroxyl groups excluding tert-OH is 1. The van der Waals surface area contributed by atoms with Crippen molar-refractivity contribution >= 4 is 11.7 Å². The van der Waals surface area contributed by atoms with Gasteiger partial charge in [0.05, 0.1) is 5.69 Å². The molecule has 88 valence electrons. The van der Waals surface area contributed by atoms with Gasteiger partial charge in [-0.2, -0.15) is 0 Å². The highest BCUT2D eigenvalue weighted by Gasteiger charge is 2.12. The summed E-state index contributed by atoms with van der Waals surface area (Å²) >= 11 is 0. The summed E-state index contributed by atoms with van der Waals surface area (Å²) in [4.78, 5) is 14.7. The van der Waals surface area contributed by atoms with Crippen LogP contribution in [0.5, 0.6) is 0 Å². The first-order chi connectivity index (χ1) is 7.69. The number of nitrogens with one attached hydrogen (secondary N) is 1. The smallest absolute Gasteiger partial charge is 0.339 e. The number of nitrogens with zero attached hydrogens (tertiary/aromatic N) is 1. The van der Waals surface area contributed by atoms with Gasteiger partial charge in [-0.15, -0.1) is 0 Å². The molecule has 1 aromatic heterocycles. The molecule has 0 aliphatic rings. The molecule has 1 atom stereocenters. The Morgan fingerprint density at radius 1 is 1.62 bits per heavy atom. The Bertz CT molecular complexity index is 355. The molecule has 5 heteroatoms. The minimum absolute atomic E-state index is 0.0745. The summed E-state index contributed by atoms with van der Waals surface area (Å²) in [6.45, 7) is 2.06. The van der Waals surface area contributed by atoms with Crippen molar-refractivity contribution in [3.05, 3.63) is 24.0 Å². The van der Waals surface area contributed by atoms with Gasteiger partial charge in [-0.25, -0.2) is 4.79 Å². The molecule has 0 radical (unpaired) electrons. The van der Waals surface area contributed by atoms with Crippen molar-refractivity contribution < 1.29 is 15.0 Å². The van der Waals surface area contributed by atoms with Crippen LogP contribution in [0.3, 0.4) is 0 Å². The topological polar surface area (TPSA) is 82.5 Å². The highest BCUT2D eigenvalue weighted by atomic mass is 16.4. The van der Waals surface area contributed by atoms with Gasteiger partial charge in [0, 0.05) is 25.0 Å². The largest absolute Gasteiger partial charge is 0.478 e. The second-order valence-corrected chi connectivity index (χ2v) is 3.49. The first-order valence-corrected chi connectivity index (χ1v) is 5.23. The number of pyridine rings is 1. The Labute approximate surface area is 94.1 Å². The van der Waals surface area contributed by atoms with E-state index in [4.69, 9.17) is 10.2 Å². The van der Waals surface area contributed by atoms with Gasteiger partial charge < -0.3 is 15.5 Å². The quantitative estimate of drug-likeness (QED) is 0.679. The zero-order valence-corrected chi connectivity index (χ0v) is 9.18. The van der Waals surface area contributed by atoms with E-state index >= 15 is 0 Å². The summed E-state index contributed by atoms with van der Waals surface area (Å²) in [5.74, 6) is -1.01. The number of rotatable bonds is 6. The van der Waals surface area contributed by atoms with E-state index < -0.39 is 5.97 Å². The van der Waals surface area contributed by atoms with Gasteiger partial charge in [0.1, 0.15) is 5.56 Å². The lowest BCUT2D eigenvalue weighted by molar-refractivity contribution is 0.0697. The van der Waals surface area contributed by atoms with Crippen LogP contribution in [0.1, 0.15) is 30.1 Å². The first-order valence-electron chi connectivity index (χ1n) is 5.23. The highest BCUT2D eigenvalue weighted by molar-refractivity contribution is 5.93. The second-order valence-electron chi connectivity index (χ2n) is 3.49. The molecule has 0 saturated carbocycles. The highest BCUT2D eigenvalue weighted by Crippen LogP contribution is 2.16. The van der Waals surface area contributed by atoms with Crippen LogP contribution >= 0.6 is 0 Å². The molecule has 0 aromatic carbocycles. The predicted octanol–water partition coefficient (Wildman–Crippen LogP) is 1.35. The van der Waals surface area contributed by atoms with Gasteiger partial charge in [0.25, 0.3) is 0 Å². The first kappa shape index (κ1) is 12.4. The molecule has 1 rings (SSSR count). The van der Waals surface area contributed by atoms with Crippen molar-refractivity contribution in [2.45, 2.75) is 25.8 Å². The summed E-state index contributed by atoms with van der Waals surface area (Å²) < 4.78 is 0. The lowest BCUT2D eigenvalue weighted by atomic mass is 10.1. The van der Waals surface area contributed by atoms with E-state index in [1.165, 1.54) is 6.20 Å². The summed E-state index contributed by atoms with van der Waals surface area (Å²) in [6.07, 6.45) is 4.27. The van der Waals surface area contributed by atoms with E-state index in [2.05, 4.69) is 10.3 Å². The van der Waals surface area contributed by atoms with Crippen LogP contribution in [0.2, 0.25) is 0 Å². The van der Waals surface area contributed by atoms with E-state index in [9.17, 15) is 4.79 Å². The monoisotopic (exact) mass is 224 g/mol. The third-order valence-corrected chi connectivity index (χ3v) is 2.38. The van der Waals surface area contributed by atoms with Crippen molar-refractivity contribution in [2.75, 3.05) is 11.9 Å². The van der Waals surface area contributed by atoms with Crippen molar-refractivity contribution in [1.29, 1.82) is 0 Å². The van der Waals surface area contributed by atoms with Gasteiger partial charge in [-0.3, -0.25) is 4.98 Å². The Morgan fingerprint density at radius 2 is 2.38 bits per heavy atom. The molecule has 0 bridgehead atoms. The predicted molar refractivity (Wildman–Crippen MR) is 60.6 cm³/mol. The zero-order valence-electron chi connectivity index (χ0n) is 9.18. The van der Waals surface area contributed by atoms with Crippen LogP contribution in [0, 0.1) is 0 Å². The van der Waals surface area contributed by atoms with Crippen molar-refractivity contribution in [3.8, 4) is 0 Å². The molecule has 0 saturated heterocycles. The van der Waals surface area contributed by atoms with Crippen LogP contribution in [-0.4, -0.2) is 33.8 Å². The summed E-state index contributed by atoms with van der Waals surface area (Å²) in [5, 5.41) is 20.9. The number of aliphatic hydroxyl groups is 1. The van der Waals surface area contributed by atoms with Gasteiger partial charge in [-0.1, -0.05) is 6.92 Å². The number of hydrogen-bond donors (Lipinski definition) is 3. The lowest BCUT2D eigenvalue weighted by Gasteiger charge is -2.18. The van der Waals surface area contributed by atoms with Crippen LogP contribution in [0.15, 0.2) is 18.5 Å². The van der Waals surface area contributed by atoms with Gasteiger partial charge in [0.15, 0.2) is 0 Å². The van der Waals surface area contributed by atoms with Crippen LogP contribution < -0.4 is 5.32 Å². The molecule has 0 amide bonds. The van der Waals surface area contributed by atoms with E-state index in [0.717, 1.165) is 6.42 Å². The molecule has 16 heavy (non-hydrogen) atoms. The standard InChI is InChI=1S/C11H16N2O3/c1-2-8(4-6-14)13-10-3-5-12-7-9(10)11(15)16/h3,5,7-8,14H,2,4,6H2,1H3,(H,12,13)(H,15,16). The van der Waals surface area contributed by atoms with Crippen LogP contribution in [0.25, 0.3) is 0 Å². The molecular weight excluding hydrogens is 208 g/mol. The lowest BCUT2D eigenvalue weighted by Crippen LogP contribution is -2.21. The molecule has 0 aliphatic carbocycles. The third-order valence-electron chi connectivity index (χ3n) is 2.38. The number of carbonyl (C=O) groups is 1. The molecular formula is C11H16N2O3. The molecule has 0 fully saturated rings.